The first-order chi connectivity index (χ1) is 17.4. The van der Waals surface area contributed by atoms with E-state index in [0.29, 0.717) is 53.8 Å². The van der Waals surface area contributed by atoms with E-state index in [1.54, 1.807) is 0 Å². The van der Waals surface area contributed by atoms with Crippen LogP contribution in [0, 0.1) is 45.8 Å². The lowest BCUT2D eigenvalue weighted by Gasteiger charge is -2.60. The molecule has 11 atom stereocenters. The average Bonchev–Trinajstić information content (AvgIpc) is 3.33. The van der Waals surface area contributed by atoms with Gasteiger partial charge in [0.1, 0.15) is 0 Å². The molecule has 36 heavy (non-hydrogen) atoms. The summed E-state index contributed by atoms with van der Waals surface area (Å²) in [6.45, 7) is 8.33. The molecule has 3 spiro atoms. The minimum Gasteiger partial charge on any atom is -0.394 e. The van der Waals surface area contributed by atoms with Crippen molar-refractivity contribution >= 4 is 5.78 Å². The zero-order valence-electron chi connectivity index (χ0n) is 22.3. The van der Waals surface area contributed by atoms with Gasteiger partial charge in [-0.05, 0) is 98.4 Å². The summed E-state index contributed by atoms with van der Waals surface area (Å²) in [7, 11) is 0. The molecular formula is C31H45NO4. The Labute approximate surface area is 216 Å². The number of aliphatic hydroxyl groups excluding tert-OH is 1. The average molecular weight is 496 g/mol. The van der Waals surface area contributed by atoms with E-state index in [4.69, 9.17) is 14.6 Å². The number of fused-ring (bicyclic) bond motifs is 6. The lowest BCUT2D eigenvalue weighted by molar-refractivity contribution is -0.211. The van der Waals surface area contributed by atoms with Crippen molar-refractivity contribution in [2.24, 2.45) is 45.8 Å². The zero-order valence-corrected chi connectivity index (χ0v) is 22.3. The fraction of sp³-hybridized carbons (Fsp3) is 0.903. The number of aliphatic hydroxyl groups is 1. The van der Waals surface area contributed by atoms with Crippen LogP contribution in [0.25, 0.3) is 0 Å². The number of allylic oxidation sites excluding steroid dienone is 2. The van der Waals surface area contributed by atoms with Gasteiger partial charge in [0.15, 0.2) is 5.78 Å². The first kappa shape index (κ1) is 23.2. The van der Waals surface area contributed by atoms with E-state index in [9.17, 15) is 4.79 Å². The van der Waals surface area contributed by atoms with Crippen molar-refractivity contribution < 1.29 is 19.4 Å². The highest BCUT2D eigenvalue weighted by Crippen LogP contribution is 2.93. The second-order valence-corrected chi connectivity index (χ2v) is 14.6. The van der Waals surface area contributed by atoms with Gasteiger partial charge in [-0.2, -0.15) is 0 Å². The summed E-state index contributed by atoms with van der Waals surface area (Å²) in [6, 6.07) is 0.568. The molecule has 8 aliphatic rings. The largest absolute Gasteiger partial charge is 0.394 e. The first-order valence-electron chi connectivity index (χ1n) is 15.2. The molecule has 7 fully saturated rings. The third-order valence-electron chi connectivity index (χ3n) is 13.6. The molecule has 5 nitrogen and oxygen atoms in total. The molecule has 5 saturated carbocycles. The Morgan fingerprint density at radius 1 is 1.14 bits per heavy atom. The van der Waals surface area contributed by atoms with Gasteiger partial charge in [-0.3, -0.25) is 9.69 Å². The number of piperidine rings is 1. The maximum absolute atomic E-state index is 12.3. The SMILES string of the molecule is C[C@H]1C[C@H]2OC34CC[C@H]5C6CCC7=CC(=O)CC[C@]7(C)[C@H]6CC56CC63C[C@@H]4[C@@H]2N(CCOCCO)C1. The summed E-state index contributed by atoms with van der Waals surface area (Å²) in [5, 5.41) is 9.11. The van der Waals surface area contributed by atoms with Crippen LogP contribution in [-0.4, -0.2) is 66.4 Å². The quantitative estimate of drug-likeness (QED) is 0.574. The van der Waals surface area contributed by atoms with E-state index in [2.05, 4.69) is 24.8 Å². The Morgan fingerprint density at radius 3 is 2.89 bits per heavy atom. The highest BCUT2D eigenvalue weighted by atomic mass is 16.5. The predicted molar refractivity (Wildman–Crippen MR) is 136 cm³/mol. The summed E-state index contributed by atoms with van der Waals surface area (Å²) in [5.74, 6) is 4.31. The molecule has 2 aliphatic heterocycles. The van der Waals surface area contributed by atoms with E-state index < -0.39 is 0 Å². The van der Waals surface area contributed by atoms with Crippen molar-refractivity contribution in [1.29, 1.82) is 0 Å². The Morgan fingerprint density at radius 2 is 2.03 bits per heavy atom. The molecule has 0 amide bonds. The fourth-order valence-electron chi connectivity index (χ4n) is 12.4. The maximum atomic E-state index is 12.3. The number of carbonyl (C=O) groups is 1. The van der Waals surface area contributed by atoms with Crippen molar-refractivity contribution in [2.75, 3.05) is 32.9 Å². The van der Waals surface area contributed by atoms with Gasteiger partial charge in [0.2, 0.25) is 0 Å². The molecule has 8 rings (SSSR count). The molecule has 198 valence electrons. The van der Waals surface area contributed by atoms with Crippen LogP contribution in [0.3, 0.4) is 0 Å². The predicted octanol–water partition coefficient (Wildman–Crippen LogP) is 4.38. The lowest BCUT2D eigenvalue weighted by Crippen LogP contribution is -2.64. The number of nitrogens with zero attached hydrogens (tertiary/aromatic N) is 1. The van der Waals surface area contributed by atoms with Gasteiger partial charge in [0, 0.05) is 36.9 Å². The summed E-state index contributed by atoms with van der Waals surface area (Å²) in [5.41, 5.74) is 2.90. The highest BCUT2D eigenvalue weighted by Gasteiger charge is 2.91. The number of likely N-dealkylation sites (tertiary alicyclic amines) is 1. The van der Waals surface area contributed by atoms with Crippen LogP contribution in [-0.2, 0) is 14.3 Å². The molecule has 2 saturated heterocycles. The van der Waals surface area contributed by atoms with Crippen molar-refractivity contribution in [3.05, 3.63) is 11.6 Å². The van der Waals surface area contributed by atoms with Gasteiger partial charge in [-0.1, -0.05) is 19.4 Å². The molecule has 0 aromatic carbocycles. The van der Waals surface area contributed by atoms with Gasteiger partial charge in [-0.15, -0.1) is 0 Å². The summed E-state index contributed by atoms with van der Waals surface area (Å²) < 4.78 is 13.0. The third kappa shape index (κ3) is 2.60. The number of ether oxygens (including phenoxy) is 2. The van der Waals surface area contributed by atoms with Gasteiger partial charge in [-0.25, -0.2) is 0 Å². The van der Waals surface area contributed by atoms with Gasteiger partial charge < -0.3 is 14.6 Å². The lowest BCUT2D eigenvalue weighted by atomic mass is 9.47. The first-order valence-corrected chi connectivity index (χ1v) is 15.2. The molecule has 0 aromatic rings. The normalized spacial score (nSPS) is 56.2. The molecule has 0 radical (unpaired) electrons. The van der Waals surface area contributed by atoms with Crippen molar-refractivity contribution in [1.82, 2.24) is 4.90 Å². The maximum Gasteiger partial charge on any atom is 0.155 e. The van der Waals surface area contributed by atoms with E-state index >= 15 is 0 Å². The molecule has 6 aliphatic carbocycles. The van der Waals surface area contributed by atoms with Crippen molar-refractivity contribution in [3.8, 4) is 0 Å². The van der Waals surface area contributed by atoms with Crippen LogP contribution in [0.4, 0.5) is 0 Å². The van der Waals surface area contributed by atoms with Crippen LogP contribution in [0.1, 0.15) is 78.1 Å². The Kier molecular flexibility index (Phi) is 4.80. The number of ketones is 1. The summed E-state index contributed by atoms with van der Waals surface area (Å²) in [4.78, 5) is 15.0. The molecule has 4 unspecified atom stereocenters. The van der Waals surface area contributed by atoms with Crippen LogP contribution in [0.15, 0.2) is 11.6 Å². The van der Waals surface area contributed by atoms with Crippen LogP contribution < -0.4 is 0 Å². The van der Waals surface area contributed by atoms with E-state index in [-0.39, 0.29) is 17.6 Å². The number of carbonyl (C=O) groups excluding carboxylic acids is 1. The number of hydrogen-bond acceptors (Lipinski definition) is 5. The monoisotopic (exact) mass is 495 g/mol. The molecule has 0 aromatic heterocycles. The van der Waals surface area contributed by atoms with Crippen LogP contribution in [0.2, 0.25) is 0 Å². The van der Waals surface area contributed by atoms with E-state index in [0.717, 1.165) is 43.7 Å². The summed E-state index contributed by atoms with van der Waals surface area (Å²) >= 11 is 0. The Bertz CT molecular complexity index is 1010. The van der Waals surface area contributed by atoms with Crippen LogP contribution in [0.5, 0.6) is 0 Å². The Hall–Kier alpha value is -0.750. The zero-order chi connectivity index (χ0) is 24.5. The standard InChI is InChI=1S/C31H45NO4/c1-19-13-26-27(32(17-19)9-11-35-12-10-33)25-16-30-18-29(30)15-24-22(23(29)6-8-31(25,30)36-26)4-3-20-14-21(34)5-7-28(20,24)2/h14,19,22-27,33H,3-13,15-18H2,1-2H3/t19-,22?,23-,24-,25+,26+,27-,28-,29?,30?,31?/m0/s1. The minimum absolute atomic E-state index is 0.109. The Balaban J connectivity index is 1.07. The second kappa shape index (κ2) is 7.46. The molecular weight excluding hydrogens is 450 g/mol. The molecule has 0 bridgehead atoms. The third-order valence-corrected chi connectivity index (χ3v) is 13.6. The highest BCUT2D eigenvalue weighted by molar-refractivity contribution is 5.91. The smallest absolute Gasteiger partial charge is 0.155 e. The summed E-state index contributed by atoms with van der Waals surface area (Å²) in [6.07, 6.45) is 14.9. The number of rotatable bonds is 5. The van der Waals surface area contributed by atoms with E-state index in [1.807, 2.05) is 0 Å². The second-order valence-electron chi connectivity index (χ2n) is 14.6. The van der Waals surface area contributed by atoms with Gasteiger partial charge >= 0.3 is 0 Å². The topological polar surface area (TPSA) is 59.0 Å². The van der Waals surface area contributed by atoms with Crippen molar-refractivity contribution in [3.63, 3.8) is 0 Å². The van der Waals surface area contributed by atoms with Gasteiger partial charge in [0.25, 0.3) is 0 Å². The number of hydrogen-bond donors (Lipinski definition) is 1. The van der Waals surface area contributed by atoms with Crippen LogP contribution >= 0.6 is 0 Å². The minimum atomic E-state index is 0.109. The van der Waals surface area contributed by atoms with E-state index in [1.165, 1.54) is 56.9 Å². The fourth-order valence-corrected chi connectivity index (χ4v) is 12.4. The van der Waals surface area contributed by atoms with Gasteiger partial charge in [0.05, 0.1) is 31.5 Å². The molecule has 5 heteroatoms. The molecule has 1 N–H and O–H groups in total. The van der Waals surface area contributed by atoms with Crippen molar-refractivity contribution in [2.45, 2.75) is 95.8 Å². The molecule has 2 heterocycles.